The number of hydrogen-bond donors (Lipinski definition) is 0. The summed E-state index contributed by atoms with van der Waals surface area (Å²) in [6.07, 6.45) is 0. The van der Waals surface area contributed by atoms with E-state index in [0.717, 1.165) is 66.8 Å². The molecule has 2 spiro atoms. The van der Waals surface area contributed by atoms with Crippen LogP contribution in [0.5, 0.6) is 0 Å². The van der Waals surface area contributed by atoms with Crippen LogP contribution in [-0.2, 0) is 10.8 Å². The maximum absolute atomic E-state index is 5.13. The van der Waals surface area contributed by atoms with Gasteiger partial charge in [-0.2, -0.15) is 0 Å². The van der Waals surface area contributed by atoms with Crippen molar-refractivity contribution in [2.45, 2.75) is 10.8 Å². The third kappa shape index (κ3) is 11.9. The van der Waals surface area contributed by atoms with Crippen LogP contribution in [0.25, 0.3) is 180 Å². The molecule has 4 aliphatic carbocycles. The summed E-state index contributed by atoms with van der Waals surface area (Å²) in [7, 11) is 0. The van der Waals surface area contributed by atoms with Gasteiger partial charge in [-0.25, -0.2) is 29.9 Å². The number of benzene rings is 18. The minimum Gasteiger partial charge on any atom is -0.208 e. The molecule has 24 rings (SSSR count). The van der Waals surface area contributed by atoms with Gasteiger partial charge in [-0.15, -0.1) is 0 Å². The summed E-state index contributed by atoms with van der Waals surface area (Å²) in [6.45, 7) is 0. The molecule has 6 nitrogen and oxygen atoms in total. The summed E-state index contributed by atoms with van der Waals surface area (Å²) in [5, 5.41) is 0. The van der Waals surface area contributed by atoms with Crippen molar-refractivity contribution in [3.05, 3.63) is 493 Å². The van der Waals surface area contributed by atoms with Crippen molar-refractivity contribution in [2.24, 2.45) is 0 Å². The largest absolute Gasteiger partial charge is 0.208 e. The number of hydrogen-bond acceptors (Lipinski definition) is 6. The average Bonchev–Trinajstić information content (AvgIpc) is 1.51. The summed E-state index contributed by atoms with van der Waals surface area (Å²) in [4.78, 5) is 30.4. The molecule has 0 saturated heterocycles. The Morgan fingerprint density at radius 3 is 0.541 bits per heavy atom. The molecule has 0 aliphatic heterocycles. The van der Waals surface area contributed by atoms with Crippen molar-refractivity contribution in [2.75, 3.05) is 0 Å². The third-order valence-electron chi connectivity index (χ3n) is 25.2. The second-order valence-corrected chi connectivity index (χ2v) is 31.8. The molecule has 0 radical (unpaired) electrons. The normalized spacial score (nSPS) is 12.7. The van der Waals surface area contributed by atoms with Gasteiger partial charge in [-0.3, -0.25) is 0 Å². The number of nitrogens with zero attached hydrogens (tertiary/aromatic N) is 6. The van der Waals surface area contributed by atoms with Crippen LogP contribution in [0, 0.1) is 0 Å². The molecule has 2 heterocycles. The van der Waals surface area contributed by atoms with Crippen molar-refractivity contribution >= 4 is 0 Å². The first kappa shape index (κ1) is 71.3. The van der Waals surface area contributed by atoms with E-state index in [4.69, 9.17) is 29.9 Å². The topological polar surface area (TPSA) is 77.3 Å². The van der Waals surface area contributed by atoms with Crippen molar-refractivity contribution in [1.82, 2.24) is 29.9 Å². The highest BCUT2D eigenvalue weighted by molar-refractivity contribution is 5.98. The van der Waals surface area contributed by atoms with Gasteiger partial charge < -0.3 is 0 Å². The Kier molecular flexibility index (Phi) is 17.3. The van der Waals surface area contributed by atoms with Gasteiger partial charge in [0.25, 0.3) is 0 Å². The fourth-order valence-electron chi connectivity index (χ4n) is 19.5. The smallest absolute Gasteiger partial charge is 0.164 e. The van der Waals surface area contributed by atoms with Crippen LogP contribution in [0.15, 0.2) is 449 Å². The summed E-state index contributed by atoms with van der Waals surface area (Å²) in [6, 6.07) is 161. The van der Waals surface area contributed by atoms with Crippen LogP contribution in [0.2, 0.25) is 0 Å². The van der Waals surface area contributed by atoms with Gasteiger partial charge in [0.2, 0.25) is 0 Å². The zero-order chi connectivity index (χ0) is 80.7. The zero-order valence-corrected chi connectivity index (χ0v) is 66.4. The van der Waals surface area contributed by atoms with Gasteiger partial charge in [0.05, 0.1) is 10.8 Å². The van der Waals surface area contributed by atoms with E-state index in [2.05, 4.69) is 388 Å². The third-order valence-corrected chi connectivity index (χ3v) is 25.2. The van der Waals surface area contributed by atoms with Crippen LogP contribution in [0.4, 0.5) is 0 Å². The Balaban J connectivity index is 0.000000142. The Labute approximate surface area is 709 Å². The van der Waals surface area contributed by atoms with Gasteiger partial charge in [0, 0.05) is 33.4 Å². The molecule has 0 amide bonds. The monoisotopic (exact) mass is 1550 g/mol. The molecule has 0 N–H and O–H groups in total. The van der Waals surface area contributed by atoms with Crippen LogP contribution in [0.3, 0.4) is 0 Å². The van der Waals surface area contributed by atoms with E-state index < -0.39 is 0 Å². The van der Waals surface area contributed by atoms with Crippen molar-refractivity contribution in [3.63, 3.8) is 0 Å². The molecular weight excluding hydrogens is 1480 g/mol. The molecule has 0 unspecified atom stereocenters. The first-order valence-electron chi connectivity index (χ1n) is 41.7. The number of rotatable bonds is 12. The maximum Gasteiger partial charge on any atom is 0.164 e. The molecule has 568 valence electrons. The summed E-state index contributed by atoms with van der Waals surface area (Å²) >= 11 is 0. The van der Waals surface area contributed by atoms with Gasteiger partial charge in [-0.1, -0.05) is 431 Å². The molecule has 0 atom stereocenters. The van der Waals surface area contributed by atoms with E-state index in [0.29, 0.717) is 34.9 Å². The highest BCUT2D eigenvalue weighted by atomic mass is 15.0. The zero-order valence-electron chi connectivity index (χ0n) is 66.4. The lowest BCUT2D eigenvalue weighted by Gasteiger charge is -2.30. The van der Waals surface area contributed by atoms with Crippen molar-refractivity contribution in [3.8, 4) is 180 Å². The van der Waals surface area contributed by atoms with Gasteiger partial charge in [0.15, 0.2) is 34.9 Å². The van der Waals surface area contributed by atoms with E-state index >= 15 is 0 Å². The summed E-state index contributed by atoms with van der Waals surface area (Å²) < 4.78 is 0. The SMILES string of the molecule is c1ccc(-c2ccc(-c3ccc(-c4nc(-c5ccccc5)nc(-c5ccc(-c6ccc7c(c6)C6(c8ccccc8-c8ccccc86)c6ccccc6-7)cc5)n4)cc3)cc2)cc1.c1ccc(-c2ccc(-c3cccc(-c4nc(-c5ccccc5)nc(-c5ccc(-c6ccc7c(c6)C6(c8ccccc8-c8ccccc86)c6ccccc6-7)cc5)n4)c3)cc2)cc1. The average molecular weight is 1550 g/mol. The number of aromatic nitrogens is 6. The molecule has 0 fully saturated rings. The van der Waals surface area contributed by atoms with Gasteiger partial charge >= 0.3 is 0 Å². The Hall–Kier alpha value is -16.0. The standard InChI is InChI=1S/2C58H37N3/c1-3-14-38(15-4-1)39-26-28-40(29-27-39)44-18-13-19-46(36-44)57-60-55(42-16-5-2-6-17-42)59-56(61-57)43-32-30-41(31-33-43)45-34-35-50-49-22-9-12-25-53(49)58(54(50)37-45)51-23-10-7-20-47(51)48-21-8-11-24-52(48)58;1-3-13-38(14-4-1)39-23-25-40(26-24-39)41-27-31-44(32-28-41)56-59-55(43-15-5-2-6-16-43)60-57(61-56)45-33-29-42(30-34-45)46-35-36-50-49-19-9-12-22-53(49)58(54(50)37-46)51-20-10-7-17-47(51)48-18-8-11-21-52(48)58/h2*1-37H. The fraction of sp³-hybridized carbons (Fsp3) is 0.0172. The second-order valence-electron chi connectivity index (χ2n) is 31.8. The Morgan fingerprint density at radius 1 is 0.107 bits per heavy atom. The minimum absolute atomic E-state index is 0.380. The summed E-state index contributed by atoms with van der Waals surface area (Å²) in [5.74, 6) is 3.83. The molecular formula is C116H74N6. The predicted molar refractivity (Wildman–Crippen MR) is 497 cm³/mol. The van der Waals surface area contributed by atoms with Gasteiger partial charge in [-0.05, 0) is 174 Å². The predicted octanol–water partition coefficient (Wildman–Crippen LogP) is 28.4. The van der Waals surface area contributed by atoms with Crippen molar-refractivity contribution < 1.29 is 0 Å². The van der Waals surface area contributed by atoms with Crippen LogP contribution in [0.1, 0.15) is 44.5 Å². The molecule has 4 aliphatic rings. The fourth-order valence-corrected chi connectivity index (χ4v) is 19.5. The molecule has 20 aromatic rings. The van der Waals surface area contributed by atoms with Gasteiger partial charge in [0.1, 0.15) is 0 Å². The molecule has 0 saturated carbocycles. The van der Waals surface area contributed by atoms with Crippen molar-refractivity contribution in [1.29, 1.82) is 0 Å². The highest BCUT2D eigenvalue weighted by Gasteiger charge is 2.53. The van der Waals surface area contributed by atoms with E-state index in [1.165, 1.54) is 122 Å². The van der Waals surface area contributed by atoms with E-state index in [9.17, 15) is 0 Å². The lowest BCUT2D eigenvalue weighted by molar-refractivity contribution is 0.794. The van der Waals surface area contributed by atoms with E-state index in [1.807, 2.05) is 60.7 Å². The Morgan fingerprint density at radius 2 is 0.270 bits per heavy atom. The molecule has 18 aromatic carbocycles. The number of fused-ring (bicyclic) bond motifs is 20. The summed E-state index contributed by atoms with van der Waals surface area (Å²) in [5.41, 5.74) is 40.0. The van der Waals surface area contributed by atoms with Crippen LogP contribution in [-0.4, -0.2) is 29.9 Å². The molecule has 122 heavy (non-hydrogen) atoms. The maximum atomic E-state index is 5.13. The lowest BCUT2D eigenvalue weighted by Crippen LogP contribution is -2.25. The first-order chi connectivity index (χ1) is 60.4. The highest BCUT2D eigenvalue weighted by Crippen LogP contribution is 2.65. The van der Waals surface area contributed by atoms with Crippen LogP contribution >= 0.6 is 0 Å². The van der Waals surface area contributed by atoms with E-state index in [1.54, 1.807) is 0 Å². The Bertz CT molecular complexity index is 7310. The molecule has 6 heteroatoms. The van der Waals surface area contributed by atoms with E-state index in [-0.39, 0.29) is 10.8 Å². The lowest BCUT2D eigenvalue weighted by atomic mass is 9.70. The quantitative estimate of drug-likeness (QED) is 0.121. The molecule has 2 aromatic heterocycles. The minimum atomic E-state index is -0.382. The second kappa shape index (κ2) is 29.6. The first-order valence-corrected chi connectivity index (χ1v) is 41.7. The van der Waals surface area contributed by atoms with Crippen LogP contribution < -0.4 is 0 Å². The molecule has 0 bridgehead atoms.